The molecular formula is C14H17ClN4O2. The first kappa shape index (κ1) is 15.3. The topological polar surface area (TPSA) is 82.3 Å². The molecule has 2 rings (SSSR count). The van der Waals surface area contributed by atoms with E-state index in [1.54, 1.807) is 25.3 Å². The van der Waals surface area contributed by atoms with E-state index in [-0.39, 0.29) is 0 Å². The zero-order valence-corrected chi connectivity index (χ0v) is 12.6. The molecule has 0 unspecified atom stereocenters. The van der Waals surface area contributed by atoms with Gasteiger partial charge in [-0.05, 0) is 25.1 Å². The molecule has 21 heavy (non-hydrogen) atoms. The summed E-state index contributed by atoms with van der Waals surface area (Å²) in [7, 11) is 1.57. The Labute approximate surface area is 128 Å². The summed E-state index contributed by atoms with van der Waals surface area (Å²) in [6, 6.07) is 7.01. The maximum atomic E-state index is 6.08. The van der Waals surface area contributed by atoms with Crippen LogP contribution in [0.25, 0.3) is 0 Å². The van der Waals surface area contributed by atoms with Crippen molar-refractivity contribution in [2.24, 2.45) is 0 Å². The van der Waals surface area contributed by atoms with Gasteiger partial charge in [0.15, 0.2) is 5.82 Å². The third-order valence-electron chi connectivity index (χ3n) is 2.65. The van der Waals surface area contributed by atoms with Crippen molar-refractivity contribution in [1.82, 2.24) is 9.97 Å². The van der Waals surface area contributed by atoms with Crippen molar-refractivity contribution in [2.75, 3.05) is 24.8 Å². The molecule has 0 radical (unpaired) electrons. The predicted molar refractivity (Wildman–Crippen MR) is 83.1 cm³/mol. The van der Waals surface area contributed by atoms with Crippen molar-refractivity contribution in [3.8, 4) is 5.75 Å². The molecule has 0 fully saturated rings. The lowest BCUT2D eigenvalue weighted by molar-refractivity contribution is 0.128. The second kappa shape index (κ2) is 7.10. The largest absolute Gasteiger partial charge is 0.495 e. The monoisotopic (exact) mass is 308 g/mol. The Morgan fingerprint density at radius 2 is 2.10 bits per heavy atom. The summed E-state index contributed by atoms with van der Waals surface area (Å²) in [5.41, 5.74) is 6.55. The Kier molecular flexibility index (Phi) is 5.19. The number of aromatic nitrogens is 2. The first-order valence-corrected chi connectivity index (χ1v) is 6.82. The maximum absolute atomic E-state index is 6.08. The second-order valence-electron chi connectivity index (χ2n) is 4.21. The molecule has 2 aromatic rings. The van der Waals surface area contributed by atoms with Crippen LogP contribution in [0.15, 0.2) is 24.3 Å². The number of nitrogen functional groups attached to an aromatic ring is 1. The quantitative estimate of drug-likeness (QED) is 0.853. The van der Waals surface area contributed by atoms with Crippen LogP contribution < -0.4 is 15.8 Å². The fourth-order valence-electron chi connectivity index (χ4n) is 1.73. The van der Waals surface area contributed by atoms with Crippen molar-refractivity contribution < 1.29 is 9.47 Å². The normalized spacial score (nSPS) is 10.4. The number of halogens is 1. The second-order valence-corrected chi connectivity index (χ2v) is 4.61. The average molecular weight is 309 g/mol. The Bertz CT molecular complexity index is 622. The van der Waals surface area contributed by atoms with Crippen molar-refractivity contribution >= 4 is 28.9 Å². The van der Waals surface area contributed by atoms with Gasteiger partial charge in [0.05, 0.1) is 12.1 Å². The SMILES string of the molecule is CCOCc1nc(N)cc(Nc2ccc(OC)c(Cl)c2)n1. The minimum atomic E-state index is 0.319. The minimum Gasteiger partial charge on any atom is -0.495 e. The van der Waals surface area contributed by atoms with E-state index in [2.05, 4.69) is 15.3 Å². The van der Waals surface area contributed by atoms with E-state index in [1.165, 1.54) is 0 Å². The van der Waals surface area contributed by atoms with Crippen molar-refractivity contribution in [3.63, 3.8) is 0 Å². The van der Waals surface area contributed by atoms with E-state index in [1.807, 2.05) is 13.0 Å². The Morgan fingerprint density at radius 3 is 2.76 bits per heavy atom. The number of anilines is 3. The van der Waals surface area contributed by atoms with Gasteiger partial charge in [-0.15, -0.1) is 0 Å². The van der Waals surface area contributed by atoms with Crippen LogP contribution in [0.4, 0.5) is 17.3 Å². The van der Waals surface area contributed by atoms with E-state index >= 15 is 0 Å². The van der Waals surface area contributed by atoms with Gasteiger partial charge in [-0.1, -0.05) is 11.6 Å². The van der Waals surface area contributed by atoms with E-state index in [0.29, 0.717) is 41.4 Å². The number of ether oxygens (including phenoxy) is 2. The number of nitrogens with two attached hydrogens (primary N) is 1. The third-order valence-corrected chi connectivity index (χ3v) is 2.95. The molecule has 0 aliphatic carbocycles. The lowest BCUT2D eigenvalue weighted by atomic mass is 10.3. The minimum absolute atomic E-state index is 0.319. The Hall–Kier alpha value is -2.05. The van der Waals surface area contributed by atoms with Crippen molar-refractivity contribution in [2.45, 2.75) is 13.5 Å². The summed E-state index contributed by atoms with van der Waals surface area (Å²) in [5.74, 6) is 2.10. The average Bonchev–Trinajstić information content (AvgIpc) is 2.45. The Balaban J connectivity index is 2.18. The van der Waals surface area contributed by atoms with Crippen LogP contribution in [-0.4, -0.2) is 23.7 Å². The third kappa shape index (κ3) is 4.21. The van der Waals surface area contributed by atoms with Crippen LogP contribution in [0.5, 0.6) is 5.75 Å². The summed E-state index contributed by atoms with van der Waals surface area (Å²) < 4.78 is 10.4. The number of hydrogen-bond acceptors (Lipinski definition) is 6. The van der Waals surface area contributed by atoms with Gasteiger partial charge in [0.25, 0.3) is 0 Å². The molecule has 0 aliphatic heterocycles. The van der Waals surface area contributed by atoms with Crippen molar-refractivity contribution in [3.05, 3.63) is 35.1 Å². The van der Waals surface area contributed by atoms with Gasteiger partial charge in [0.1, 0.15) is 24.0 Å². The van der Waals surface area contributed by atoms with Gasteiger partial charge in [-0.3, -0.25) is 0 Å². The highest BCUT2D eigenvalue weighted by molar-refractivity contribution is 6.32. The van der Waals surface area contributed by atoms with E-state index in [4.69, 9.17) is 26.8 Å². The van der Waals surface area contributed by atoms with Crippen LogP contribution in [-0.2, 0) is 11.3 Å². The summed E-state index contributed by atoms with van der Waals surface area (Å²) in [5, 5.41) is 3.64. The van der Waals surface area contributed by atoms with Gasteiger partial charge in [0.2, 0.25) is 0 Å². The molecule has 0 saturated carbocycles. The molecule has 0 saturated heterocycles. The molecule has 6 nitrogen and oxygen atoms in total. The summed E-state index contributed by atoms with van der Waals surface area (Å²) in [4.78, 5) is 8.45. The first-order valence-electron chi connectivity index (χ1n) is 6.44. The molecule has 0 amide bonds. The lowest BCUT2D eigenvalue weighted by Gasteiger charge is -2.10. The molecule has 1 aromatic carbocycles. The lowest BCUT2D eigenvalue weighted by Crippen LogP contribution is -2.05. The van der Waals surface area contributed by atoms with Gasteiger partial charge in [-0.25, -0.2) is 9.97 Å². The number of hydrogen-bond donors (Lipinski definition) is 2. The number of benzene rings is 1. The highest BCUT2D eigenvalue weighted by atomic mass is 35.5. The number of nitrogens with one attached hydrogen (secondary N) is 1. The fraction of sp³-hybridized carbons (Fsp3) is 0.286. The highest BCUT2D eigenvalue weighted by Gasteiger charge is 2.06. The molecule has 1 aromatic heterocycles. The molecular weight excluding hydrogens is 292 g/mol. The van der Waals surface area contributed by atoms with Crippen LogP contribution in [0.1, 0.15) is 12.7 Å². The van der Waals surface area contributed by atoms with Gasteiger partial charge < -0.3 is 20.5 Å². The van der Waals surface area contributed by atoms with Crippen LogP contribution in [0, 0.1) is 0 Å². The maximum Gasteiger partial charge on any atom is 0.158 e. The molecule has 112 valence electrons. The van der Waals surface area contributed by atoms with Gasteiger partial charge in [-0.2, -0.15) is 0 Å². The van der Waals surface area contributed by atoms with Gasteiger partial charge >= 0.3 is 0 Å². The number of rotatable bonds is 6. The van der Waals surface area contributed by atoms with E-state index in [0.717, 1.165) is 5.69 Å². The summed E-state index contributed by atoms with van der Waals surface area (Å²) in [6.45, 7) is 2.82. The molecule has 0 spiro atoms. The zero-order valence-electron chi connectivity index (χ0n) is 11.9. The van der Waals surface area contributed by atoms with Gasteiger partial charge in [0, 0.05) is 18.4 Å². The number of nitrogens with zero attached hydrogens (tertiary/aromatic N) is 2. The molecule has 0 atom stereocenters. The zero-order chi connectivity index (χ0) is 15.2. The molecule has 3 N–H and O–H groups in total. The fourth-order valence-corrected chi connectivity index (χ4v) is 1.99. The summed E-state index contributed by atoms with van der Waals surface area (Å²) >= 11 is 6.08. The predicted octanol–water partition coefficient (Wildman–Crippen LogP) is 3.00. The smallest absolute Gasteiger partial charge is 0.158 e. The molecule has 1 heterocycles. The van der Waals surface area contributed by atoms with E-state index in [9.17, 15) is 0 Å². The van der Waals surface area contributed by atoms with Crippen LogP contribution in [0.2, 0.25) is 5.02 Å². The van der Waals surface area contributed by atoms with E-state index < -0.39 is 0 Å². The highest BCUT2D eigenvalue weighted by Crippen LogP contribution is 2.28. The summed E-state index contributed by atoms with van der Waals surface area (Å²) in [6.07, 6.45) is 0. The standard InChI is InChI=1S/C14H17ClN4O2/c1-3-21-8-14-18-12(16)7-13(19-14)17-9-4-5-11(20-2)10(15)6-9/h4-7H,3,8H2,1-2H3,(H3,16,17,18,19). The number of methoxy groups -OCH3 is 1. The van der Waals surface area contributed by atoms with Crippen LogP contribution in [0.3, 0.4) is 0 Å². The van der Waals surface area contributed by atoms with Crippen molar-refractivity contribution in [1.29, 1.82) is 0 Å². The van der Waals surface area contributed by atoms with Crippen LogP contribution >= 0.6 is 11.6 Å². The Morgan fingerprint density at radius 1 is 1.29 bits per heavy atom. The molecule has 7 heteroatoms. The molecule has 0 aliphatic rings. The first-order chi connectivity index (χ1) is 10.1. The molecule has 0 bridgehead atoms.